The number of hydrogen-bond acceptors (Lipinski definition) is 5. The Morgan fingerprint density at radius 2 is 1.85 bits per heavy atom. The van der Waals surface area contributed by atoms with E-state index in [1.54, 1.807) is 0 Å². The minimum absolute atomic E-state index is 0.0180. The average molecular weight is 369 g/mol. The molecule has 27 heavy (non-hydrogen) atoms. The number of ether oxygens (including phenoxy) is 2. The van der Waals surface area contributed by atoms with Crippen LogP contribution in [0.1, 0.15) is 13.3 Å². The fourth-order valence-corrected chi connectivity index (χ4v) is 3.04. The fraction of sp³-hybridized carbons (Fsp3) is 0.381. The molecule has 2 aromatic carbocycles. The van der Waals surface area contributed by atoms with Crippen LogP contribution in [-0.2, 0) is 9.53 Å². The minimum Gasteiger partial charge on any atom is -0.494 e. The summed E-state index contributed by atoms with van der Waals surface area (Å²) in [7, 11) is 0. The number of benzene rings is 2. The Kier molecular flexibility index (Phi) is 6.93. The molecule has 1 aliphatic rings. The Balaban J connectivity index is 1.48. The molecule has 2 aromatic rings. The molecule has 2 N–H and O–H groups in total. The van der Waals surface area contributed by atoms with Crippen molar-refractivity contribution in [3.63, 3.8) is 0 Å². The number of amides is 1. The monoisotopic (exact) mass is 369 g/mol. The number of hydrogen-bond donors (Lipinski definition) is 2. The molecule has 1 heterocycles. The highest BCUT2D eigenvalue weighted by Gasteiger charge is 2.14. The highest BCUT2D eigenvalue weighted by Crippen LogP contribution is 2.26. The van der Waals surface area contributed by atoms with Crippen molar-refractivity contribution in [2.24, 2.45) is 0 Å². The number of nitrogens with one attached hydrogen (secondary N) is 2. The van der Waals surface area contributed by atoms with Crippen LogP contribution in [0, 0.1) is 0 Å². The van der Waals surface area contributed by atoms with Crippen molar-refractivity contribution in [3.05, 3.63) is 48.5 Å². The van der Waals surface area contributed by atoms with E-state index in [0.717, 1.165) is 49.1 Å². The van der Waals surface area contributed by atoms with Crippen LogP contribution < -0.4 is 20.3 Å². The van der Waals surface area contributed by atoms with E-state index in [9.17, 15) is 4.79 Å². The summed E-state index contributed by atoms with van der Waals surface area (Å²) >= 11 is 0. The maximum Gasteiger partial charge on any atom is 0.226 e. The van der Waals surface area contributed by atoms with E-state index >= 15 is 0 Å². The summed E-state index contributed by atoms with van der Waals surface area (Å²) in [5.41, 5.74) is 2.98. The molecule has 1 amide bonds. The SMILES string of the molecule is CCOc1ccc(NC(=O)CCNc2ccccc2N2CCOCC2)cc1. The second kappa shape index (κ2) is 9.83. The molecule has 144 valence electrons. The summed E-state index contributed by atoms with van der Waals surface area (Å²) in [6, 6.07) is 15.6. The van der Waals surface area contributed by atoms with Gasteiger partial charge in [-0.25, -0.2) is 0 Å². The van der Waals surface area contributed by atoms with Gasteiger partial charge in [0.2, 0.25) is 5.91 Å². The molecule has 0 saturated carbocycles. The van der Waals surface area contributed by atoms with E-state index in [2.05, 4.69) is 27.7 Å². The largest absolute Gasteiger partial charge is 0.494 e. The summed E-state index contributed by atoms with van der Waals surface area (Å²) in [5.74, 6) is 0.785. The summed E-state index contributed by atoms with van der Waals surface area (Å²) in [6.07, 6.45) is 0.394. The van der Waals surface area contributed by atoms with Gasteiger partial charge in [0.15, 0.2) is 0 Å². The molecular weight excluding hydrogens is 342 g/mol. The van der Waals surface area contributed by atoms with E-state index in [4.69, 9.17) is 9.47 Å². The number of carbonyl (C=O) groups excluding carboxylic acids is 1. The molecule has 0 atom stereocenters. The second-order valence-electron chi connectivity index (χ2n) is 6.30. The van der Waals surface area contributed by atoms with Crippen LogP contribution in [0.2, 0.25) is 0 Å². The van der Waals surface area contributed by atoms with Crippen molar-refractivity contribution in [2.75, 3.05) is 55.0 Å². The third-order valence-corrected chi connectivity index (χ3v) is 4.37. The number of nitrogens with zero attached hydrogens (tertiary/aromatic N) is 1. The zero-order chi connectivity index (χ0) is 18.9. The summed E-state index contributed by atoms with van der Waals surface area (Å²) in [6.45, 7) is 6.42. The number of rotatable bonds is 8. The molecule has 1 aliphatic heterocycles. The lowest BCUT2D eigenvalue weighted by atomic mass is 10.2. The number of morpholine rings is 1. The van der Waals surface area contributed by atoms with Crippen LogP contribution in [0.25, 0.3) is 0 Å². The lowest BCUT2D eigenvalue weighted by Crippen LogP contribution is -2.36. The van der Waals surface area contributed by atoms with Crippen LogP contribution in [0.5, 0.6) is 5.75 Å². The Labute approximate surface area is 160 Å². The van der Waals surface area contributed by atoms with E-state index in [-0.39, 0.29) is 5.91 Å². The van der Waals surface area contributed by atoms with E-state index < -0.39 is 0 Å². The molecule has 0 spiro atoms. The normalized spacial score (nSPS) is 13.9. The number of carbonyl (C=O) groups is 1. The van der Waals surface area contributed by atoms with Gasteiger partial charge in [-0.1, -0.05) is 12.1 Å². The number of anilines is 3. The van der Waals surface area contributed by atoms with Crippen LogP contribution >= 0.6 is 0 Å². The molecule has 1 saturated heterocycles. The van der Waals surface area contributed by atoms with Gasteiger partial charge in [-0.05, 0) is 43.3 Å². The first kappa shape index (κ1) is 19.0. The Hall–Kier alpha value is -2.73. The smallest absolute Gasteiger partial charge is 0.226 e. The van der Waals surface area contributed by atoms with Gasteiger partial charge < -0.3 is 25.0 Å². The molecule has 0 aliphatic carbocycles. The summed E-state index contributed by atoms with van der Waals surface area (Å²) < 4.78 is 10.8. The summed E-state index contributed by atoms with van der Waals surface area (Å²) in [5, 5.41) is 6.30. The average Bonchev–Trinajstić information content (AvgIpc) is 2.71. The fourth-order valence-electron chi connectivity index (χ4n) is 3.04. The number of para-hydroxylation sites is 2. The second-order valence-corrected chi connectivity index (χ2v) is 6.30. The summed E-state index contributed by atoms with van der Waals surface area (Å²) in [4.78, 5) is 14.5. The Morgan fingerprint density at radius 3 is 2.59 bits per heavy atom. The third-order valence-electron chi connectivity index (χ3n) is 4.37. The van der Waals surface area contributed by atoms with Gasteiger partial charge in [-0.2, -0.15) is 0 Å². The molecule has 6 heteroatoms. The van der Waals surface area contributed by atoms with Gasteiger partial charge in [0.05, 0.1) is 31.2 Å². The molecule has 0 radical (unpaired) electrons. The van der Waals surface area contributed by atoms with Crippen molar-refractivity contribution in [1.29, 1.82) is 0 Å². The van der Waals surface area contributed by atoms with Crippen LogP contribution in [0.4, 0.5) is 17.1 Å². The maximum absolute atomic E-state index is 12.2. The van der Waals surface area contributed by atoms with Crippen LogP contribution in [0.15, 0.2) is 48.5 Å². The molecule has 3 rings (SSSR count). The van der Waals surface area contributed by atoms with Crippen molar-refractivity contribution in [3.8, 4) is 5.75 Å². The van der Waals surface area contributed by atoms with Crippen molar-refractivity contribution >= 4 is 23.0 Å². The third kappa shape index (κ3) is 5.62. The highest BCUT2D eigenvalue weighted by atomic mass is 16.5. The lowest BCUT2D eigenvalue weighted by Gasteiger charge is -2.30. The minimum atomic E-state index is -0.0180. The topological polar surface area (TPSA) is 62.8 Å². The van der Waals surface area contributed by atoms with Crippen LogP contribution in [0.3, 0.4) is 0 Å². The Morgan fingerprint density at radius 1 is 1.11 bits per heavy atom. The van der Waals surface area contributed by atoms with Crippen LogP contribution in [-0.4, -0.2) is 45.4 Å². The molecule has 1 fully saturated rings. The van der Waals surface area contributed by atoms with Gasteiger partial charge in [-0.3, -0.25) is 4.79 Å². The predicted molar refractivity (Wildman–Crippen MR) is 109 cm³/mol. The lowest BCUT2D eigenvalue weighted by molar-refractivity contribution is -0.115. The molecule has 0 bridgehead atoms. The predicted octanol–water partition coefficient (Wildman–Crippen LogP) is 3.36. The Bertz CT molecular complexity index is 728. The van der Waals surface area contributed by atoms with Crippen molar-refractivity contribution in [2.45, 2.75) is 13.3 Å². The first-order valence-corrected chi connectivity index (χ1v) is 9.44. The van der Waals surface area contributed by atoms with Gasteiger partial charge in [0, 0.05) is 31.7 Å². The maximum atomic E-state index is 12.2. The van der Waals surface area contributed by atoms with E-state index in [1.165, 1.54) is 0 Å². The highest BCUT2D eigenvalue weighted by molar-refractivity contribution is 5.91. The van der Waals surface area contributed by atoms with Crippen molar-refractivity contribution in [1.82, 2.24) is 0 Å². The molecule has 0 unspecified atom stereocenters. The van der Waals surface area contributed by atoms with Crippen molar-refractivity contribution < 1.29 is 14.3 Å². The first-order chi connectivity index (χ1) is 13.3. The van der Waals surface area contributed by atoms with E-state index in [1.807, 2.05) is 43.3 Å². The zero-order valence-corrected chi connectivity index (χ0v) is 15.7. The first-order valence-electron chi connectivity index (χ1n) is 9.44. The zero-order valence-electron chi connectivity index (χ0n) is 15.7. The van der Waals surface area contributed by atoms with Gasteiger partial charge in [-0.15, -0.1) is 0 Å². The van der Waals surface area contributed by atoms with Gasteiger partial charge in [0.25, 0.3) is 0 Å². The molecular formula is C21H27N3O3. The standard InChI is InChI=1S/C21H27N3O3/c1-2-27-18-9-7-17(8-10-18)23-21(25)11-12-22-19-5-3-4-6-20(19)24-13-15-26-16-14-24/h3-10,22H,2,11-16H2,1H3,(H,23,25). The quantitative estimate of drug-likeness (QED) is 0.747. The molecule has 6 nitrogen and oxygen atoms in total. The van der Waals surface area contributed by atoms with Gasteiger partial charge in [0.1, 0.15) is 5.75 Å². The van der Waals surface area contributed by atoms with E-state index in [0.29, 0.717) is 19.6 Å². The van der Waals surface area contributed by atoms with Gasteiger partial charge >= 0.3 is 0 Å². The molecule has 0 aromatic heterocycles.